The van der Waals surface area contributed by atoms with Gasteiger partial charge in [0.05, 0.1) is 5.56 Å². The van der Waals surface area contributed by atoms with Gasteiger partial charge in [-0.05, 0) is 16.8 Å². The van der Waals surface area contributed by atoms with Crippen LogP contribution in [-0.2, 0) is 14.3 Å². The molecule has 0 aromatic heterocycles. The van der Waals surface area contributed by atoms with Crippen molar-refractivity contribution in [1.29, 1.82) is 0 Å². The third-order valence-corrected chi connectivity index (χ3v) is 3.10. The van der Waals surface area contributed by atoms with E-state index in [0.29, 0.717) is 5.39 Å². The molecule has 0 aliphatic rings. The lowest BCUT2D eigenvalue weighted by atomic mass is 10.0. The summed E-state index contributed by atoms with van der Waals surface area (Å²) in [5, 5.41) is 19.1. The fourth-order valence-electron chi connectivity index (χ4n) is 1.99. The molecule has 0 bridgehead atoms. The Labute approximate surface area is 124 Å². The minimum atomic E-state index is -1.97. The van der Waals surface area contributed by atoms with Gasteiger partial charge in [0, 0.05) is 0 Å². The summed E-state index contributed by atoms with van der Waals surface area (Å²) in [6.45, 7) is 0. The van der Waals surface area contributed by atoms with Crippen LogP contribution in [0.25, 0.3) is 10.8 Å². The summed E-state index contributed by atoms with van der Waals surface area (Å²) in [5.74, 6) is -4.14. The molecule has 0 aliphatic heterocycles. The molecule has 0 radical (unpaired) electrons. The molecular formula is C15H13NO6. The van der Waals surface area contributed by atoms with Gasteiger partial charge in [0.1, 0.15) is 0 Å². The largest absolute Gasteiger partial charge is 0.480 e. The van der Waals surface area contributed by atoms with Crippen molar-refractivity contribution in [3.05, 3.63) is 48.0 Å². The van der Waals surface area contributed by atoms with E-state index in [9.17, 15) is 14.4 Å². The van der Waals surface area contributed by atoms with Crippen molar-refractivity contribution in [1.82, 2.24) is 0 Å². The van der Waals surface area contributed by atoms with E-state index in [0.717, 1.165) is 5.39 Å². The van der Waals surface area contributed by atoms with Crippen LogP contribution < -0.4 is 5.73 Å². The van der Waals surface area contributed by atoms with Gasteiger partial charge in [-0.2, -0.15) is 0 Å². The molecule has 4 N–H and O–H groups in total. The summed E-state index contributed by atoms with van der Waals surface area (Å²) in [4.78, 5) is 34.0. The summed E-state index contributed by atoms with van der Waals surface area (Å²) in [6, 6.07) is 9.99. The number of benzene rings is 2. The first-order valence-electron chi connectivity index (χ1n) is 6.31. The zero-order valence-electron chi connectivity index (χ0n) is 11.3. The number of aliphatic carboxylic acids is 2. The molecule has 0 aliphatic carbocycles. The molecule has 0 saturated heterocycles. The molecule has 0 fully saturated rings. The molecule has 22 heavy (non-hydrogen) atoms. The number of carboxylic acids is 2. The van der Waals surface area contributed by atoms with E-state index in [-0.39, 0.29) is 5.56 Å². The Hall–Kier alpha value is -2.93. The standard InChI is InChI=1S/C15H13NO6/c16-11(13(17)18)12(14(19)20)22-15(21)10-7-3-5-8-4-1-2-6-9(8)10/h1-7,11-12H,16H2,(H,17,18)(H,19,20)/t11?,12-/m0/s1. The van der Waals surface area contributed by atoms with E-state index in [1.807, 2.05) is 0 Å². The van der Waals surface area contributed by atoms with Crippen LogP contribution in [0.2, 0.25) is 0 Å². The summed E-state index contributed by atoms with van der Waals surface area (Å²) >= 11 is 0. The number of carboxylic acid groups (broad SMARTS) is 2. The van der Waals surface area contributed by atoms with E-state index in [4.69, 9.17) is 20.7 Å². The van der Waals surface area contributed by atoms with E-state index in [1.165, 1.54) is 6.07 Å². The fraction of sp³-hybridized carbons (Fsp3) is 0.133. The van der Waals surface area contributed by atoms with Gasteiger partial charge < -0.3 is 20.7 Å². The predicted molar refractivity (Wildman–Crippen MR) is 76.4 cm³/mol. The van der Waals surface area contributed by atoms with Crippen molar-refractivity contribution in [3.8, 4) is 0 Å². The van der Waals surface area contributed by atoms with Crippen LogP contribution >= 0.6 is 0 Å². The molecule has 1 unspecified atom stereocenters. The molecule has 2 atom stereocenters. The molecule has 0 heterocycles. The number of ether oxygens (including phenoxy) is 1. The Morgan fingerprint density at radius 3 is 2.23 bits per heavy atom. The van der Waals surface area contributed by atoms with Gasteiger partial charge in [0.25, 0.3) is 0 Å². The molecule has 114 valence electrons. The van der Waals surface area contributed by atoms with Gasteiger partial charge in [-0.1, -0.05) is 36.4 Å². The Kier molecular flexibility index (Phi) is 4.38. The molecule has 2 aromatic carbocycles. The zero-order valence-corrected chi connectivity index (χ0v) is 11.3. The average Bonchev–Trinajstić information content (AvgIpc) is 2.50. The molecule has 7 heteroatoms. The maximum atomic E-state index is 12.2. The third kappa shape index (κ3) is 3.04. The Balaban J connectivity index is 2.34. The van der Waals surface area contributed by atoms with Crippen molar-refractivity contribution in [2.24, 2.45) is 5.73 Å². The minimum absolute atomic E-state index is 0.141. The lowest BCUT2D eigenvalue weighted by Gasteiger charge is -2.17. The second-order valence-corrected chi connectivity index (χ2v) is 4.55. The van der Waals surface area contributed by atoms with E-state index in [2.05, 4.69) is 0 Å². The van der Waals surface area contributed by atoms with Gasteiger partial charge in [0.15, 0.2) is 6.04 Å². The normalized spacial score (nSPS) is 13.3. The van der Waals surface area contributed by atoms with Gasteiger partial charge in [-0.3, -0.25) is 4.79 Å². The number of hydrogen-bond acceptors (Lipinski definition) is 5. The number of nitrogens with two attached hydrogens (primary N) is 1. The first-order chi connectivity index (χ1) is 10.4. The van der Waals surface area contributed by atoms with Gasteiger partial charge in [0.2, 0.25) is 6.10 Å². The number of carbonyl (C=O) groups excluding carboxylic acids is 1. The monoisotopic (exact) mass is 303 g/mol. The highest BCUT2D eigenvalue weighted by atomic mass is 16.6. The van der Waals surface area contributed by atoms with Crippen molar-refractivity contribution in [3.63, 3.8) is 0 Å². The van der Waals surface area contributed by atoms with Crippen LogP contribution in [0, 0.1) is 0 Å². The van der Waals surface area contributed by atoms with Gasteiger partial charge in [-0.25, -0.2) is 9.59 Å². The molecule has 2 aromatic rings. The van der Waals surface area contributed by atoms with Crippen LogP contribution in [0.5, 0.6) is 0 Å². The number of hydrogen-bond donors (Lipinski definition) is 3. The summed E-state index contributed by atoms with van der Waals surface area (Å²) < 4.78 is 4.78. The third-order valence-electron chi connectivity index (χ3n) is 3.10. The number of fused-ring (bicyclic) bond motifs is 1. The van der Waals surface area contributed by atoms with Crippen molar-refractivity contribution >= 4 is 28.7 Å². The smallest absolute Gasteiger partial charge is 0.347 e. The van der Waals surface area contributed by atoms with Crippen LogP contribution in [0.3, 0.4) is 0 Å². The van der Waals surface area contributed by atoms with Crippen LogP contribution in [-0.4, -0.2) is 40.3 Å². The molecule has 0 saturated carbocycles. The number of carbonyl (C=O) groups is 3. The van der Waals surface area contributed by atoms with Crippen LogP contribution in [0.1, 0.15) is 10.4 Å². The molecule has 0 amide bonds. The minimum Gasteiger partial charge on any atom is -0.480 e. The van der Waals surface area contributed by atoms with Crippen LogP contribution in [0.4, 0.5) is 0 Å². The lowest BCUT2D eigenvalue weighted by Crippen LogP contribution is -2.48. The summed E-state index contributed by atoms with van der Waals surface area (Å²) in [5.41, 5.74) is 5.38. The summed E-state index contributed by atoms with van der Waals surface area (Å²) in [7, 11) is 0. The fourth-order valence-corrected chi connectivity index (χ4v) is 1.99. The number of esters is 1. The predicted octanol–water partition coefficient (Wildman–Crippen LogP) is 0.862. The van der Waals surface area contributed by atoms with Crippen molar-refractivity contribution in [2.45, 2.75) is 12.1 Å². The Bertz CT molecular complexity index is 736. The van der Waals surface area contributed by atoms with E-state index in [1.54, 1.807) is 36.4 Å². The van der Waals surface area contributed by atoms with E-state index >= 15 is 0 Å². The van der Waals surface area contributed by atoms with Gasteiger partial charge in [-0.15, -0.1) is 0 Å². The molecule has 2 rings (SSSR count). The average molecular weight is 303 g/mol. The van der Waals surface area contributed by atoms with Gasteiger partial charge >= 0.3 is 17.9 Å². The zero-order chi connectivity index (χ0) is 16.3. The second-order valence-electron chi connectivity index (χ2n) is 4.55. The topological polar surface area (TPSA) is 127 Å². The Morgan fingerprint density at radius 1 is 0.955 bits per heavy atom. The molecule has 7 nitrogen and oxygen atoms in total. The summed E-state index contributed by atoms with van der Waals surface area (Å²) in [6.07, 6.45) is -1.97. The first-order valence-corrected chi connectivity index (χ1v) is 6.31. The molecule has 0 spiro atoms. The highest BCUT2D eigenvalue weighted by Crippen LogP contribution is 2.20. The molecular weight excluding hydrogens is 290 g/mol. The first kappa shape index (κ1) is 15.5. The Morgan fingerprint density at radius 2 is 1.59 bits per heavy atom. The maximum Gasteiger partial charge on any atom is 0.347 e. The SMILES string of the molecule is NC(C(=O)O)[C@H](OC(=O)c1cccc2ccccc12)C(=O)O. The number of rotatable bonds is 5. The van der Waals surface area contributed by atoms with E-state index < -0.39 is 30.1 Å². The lowest BCUT2D eigenvalue weighted by molar-refractivity contribution is -0.155. The highest BCUT2D eigenvalue weighted by molar-refractivity contribution is 6.05. The van der Waals surface area contributed by atoms with Crippen LogP contribution in [0.15, 0.2) is 42.5 Å². The second kappa shape index (κ2) is 6.23. The quantitative estimate of drug-likeness (QED) is 0.699. The maximum absolute atomic E-state index is 12.2. The van der Waals surface area contributed by atoms with Crippen molar-refractivity contribution in [2.75, 3.05) is 0 Å². The van der Waals surface area contributed by atoms with Crippen molar-refractivity contribution < 1.29 is 29.3 Å². The highest BCUT2D eigenvalue weighted by Gasteiger charge is 2.34.